The summed E-state index contributed by atoms with van der Waals surface area (Å²) in [5.74, 6) is 2.21. The van der Waals surface area contributed by atoms with Gasteiger partial charge in [-0.05, 0) is 114 Å². The Kier molecular flexibility index (Phi) is 4.66. The average molecular weight is 427 g/mol. The van der Waals surface area contributed by atoms with Gasteiger partial charge >= 0.3 is 0 Å². The van der Waals surface area contributed by atoms with Crippen molar-refractivity contribution in [2.75, 3.05) is 0 Å². The Labute approximate surface area is 192 Å². The largest absolute Gasteiger partial charge is 0.393 e. The lowest BCUT2D eigenvalue weighted by atomic mass is 9.33. The Balaban J connectivity index is 1.57. The van der Waals surface area contributed by atoms with Crippen LogP contribution in [-0.2, 0) is 0 Å². The normalized spacial score (nSPS) is 55.2. The summed E-state index contributed by atoms with van der Waals surface area (Å²) in [6.07, 6.45) is 15.9. The van der Waals surface area contributed by atoms with E-state index in [1.807, 2.05) is 5.57 Å². The van der Waals surface area contributed by atoms with Crippen LogP contribution < -0.4 is 0 Å². The van der Waals surface area contributed by atoms with Gasteiger partial charge in [-0.25, -0.2) is 0 Å². The van der Waals surface area contributed by atoms with Crippen molar-refractivity contribution in [3.05, 3.63) is 11.6 Å². The van der Waals surface area contributed by atoms with Crippen molar-refractivity contribution < 1.29 is 5.11 Å². The Hall–Kier alpha value is -0.300. The first-order valence-corrected chi connectivity index (χ1v) is 13.6. The van der Waals surface area contributed by atoms with E-state index in [9.17, 15) is 5.11 Å². The summed E-state index contributed by atoms with van der Waals surface area (Å²) in [7, 11) is 0. The zero-order chi connectivity index (χ0) is 22.7. The molecule has 5 aliphatic carbocycles. The molecule has 5 aliphatic rings. The minimum absolute atomic E-state index is 0.0533. The maximum atomic E-state index is 10.9. The van der Waals surface area contributed by atoms with E-state index in [-0.39, 0.29) is 11.5 Å². The van der Waals surface area contributed by atoms with Crippen molar-refractivity contribution in [3.63, 3.8) is 0 Å². The lowest BCUT2D eigenvalue weighted by Gasteiger charge is -2.71. The minimum atomic E-state index is -0.125. The highest BCUT2D eigenvalue weighted by Gasteiger charge is 2.67. The van der Waals surface area contributed by atoms with Crippen LogP contribution in [0.25, 0.3) is 0 Å². The van der Waals surface area contributed by atoms with Gasteiger partial charge in [-0.2, -0.15) is 0 Å². The number of hydrogen-bond acceptors (Lipinski definition) is 1. The van der Waals surface area contributed by atoms with Crippen molar-refractivity contribution in [2.45, 2.75) is 126 Å². The van der Waals surface area contributed by atoms with Crippen LogP contribution in [0.1, 0.15) is 120 Å². The van der Waals surface area contributed by atoms with Crippen LogP contribution in [0, 0.1) is 50.2 Å². The van der Waals surface area contributed by atoms with Gasteiger partial charge in [0.1, 0.15) is 0 Å². The van der Waals surface area contributed by atoms with Gasteiger partial charge in [0.05, 0.1) is 6.10 Å². The van der Waals surface area contributed by atoms with Crippen LogP contribution in [0.15, 0.2) is 11.6 Å². The minimum Gasteiger partial charge on any atom is -0.393 e. The highest BCUT2D eigenvalue weighted by molar-refractivity contribution is 5.33. The first kappa shape index (κ1) is 22.5. The molecule has 0 aromatic rings. The second-order valence-corrected chi connectivity index (χ2v) is 15.2. The Morgan fingerprint density at radius 2 is 1.45 bits per heavy atom. The number of allylic oxidation sites excluding steroid dienone is 2. The van der Waals surface area contributed by atoms with Crippen molar-refractivity contribution in [1.29, 1.82) is 0 Å². The molecule has 0 unspecified atom stereocenters. The van der Waals surface area contributed by atoms with E-state index in [2.05, 4.69) is 61.5 Å². The molecular formula is C30H50O. The van der Waals surface area contributed by atoms with Crippen molar-refractivity contribution in [3.8, 4) is 0 Å². The van der Waals surface area contributed by atoms with Crippen LogP contribution in [0.3, 0.4) is 0 Å². The van der Waals surface area contributed by atoms with Crippen LogP contribution in [0.5, 0.6) is 0 Å². The molecule has 0 aromatic carbocycles. The molecule has 0 spiro atoms. The fraction of sp³-hybridized carbons (Fsp3) is 0.933. The van der Waals surface area contributed by atoms with Gasteiger partial charge < -0.3 is 5.11 Å². The van der Waals surface area contributed by atoms with Gasteiger partial charge in [0.25, 0.3) is 0 Å². The number of aliphatic hydroxyl groups excluding tert-OH is 1. The van der Waals surface area contributed by atoms with E-state index in [0.717, 1.165) is 18.3 Å². The van der Waals surface area contributed by atoms with Gasteiger partial charge in [0.15, 0.2) is 0 Å². The molecule has 1 N–H and O–H groups in total. The van der Waals surface area contributed by atoms with Crippen LogP contribution in [0.2, 0.25) is 0 Å². The van der Waals surface area contributed by atoms with Gasteiger partial charge in [0, 0.05) is 0 Å². The molecule has 0 amide bonds. The molecule has 1 heteroatoms. The third-order valence-corrected chi connectivity index (χ3v) is 13.0. The predicted molar refractivity (Wildman–Crippen MR) is 131 cm³/mol. The first-order valence-electron chi connectivity index (χ1n) is 13.6. The lowest BCUT2D eigenvalue weighted by Crippen LogP contribution is -2.64. The van der Waals surface area contributed by atoms with E-state index in [0.29, 0.717) is 33.0 Å². The van der Waals surface area contributed by atoms with Crippen molar-refractivity contribution >= 4 is 0 Å². The van der Waals surface area contributed by atoms with Crippen molar-refractivity contribution in [1.82, 2.24) is 0 Å². The monoisotopic (exact) mass is 426 g/mol. The topological polar surface area (TPSA) is 20.2 Å². The van der Waals surface area contributed by atoms with Gasteiger partial charge in [-0.15, -0.1) is 0 Å². The number of fused-ring (bicyclic) bond motifs is 7. The predicted octanol–water partition coefficient (Wildman–Crippen LogP) is 8.17. The zero-order valence-electron chi connectivity index (χ0n) is 21.9. The molecule has 176 valence electrons. The van der Waals surface area contributed by atoms with E-state index in [1.165, 1.54) is 57.8 Å². The molecule has 5 rings (SSSR count). The van der Waals surface area contributed by atoms with E-state index in [4.69, 9.17) is 0 Å². The fourth-order valence-corrected chi connectivity index (χ4v) is 10.5. The first-order chi connectivity index (χ1) is 14.2. The summed E-state index contributed by atoms with van der Waals surface area (Å²) < 4.78 is 0. The molecule has 0 bridgehead atoms. The fourth-order valence-electron chi connectivity index (χ4n) is 10.5. The molecule has 1 nitrogen and oxygen atoms in total. The highest BCUT2D eigenvalue weighted by atomic mass is 16.3. The summed E-state index contributed by atoms with van der Waals surface area (Å²) in [6, 6.07) is 0. The lowest BCUT2D eigenvalue weighted by molar-refractivity contribution is -0.202. The Morgan fingerprint density at radius 1 is 0.774 bits per heavy atom. The molecule has 31 heavy (non-hydrogen) atoms. The number of aliphatic hydroxyl groups is 1. The number of hydrogen-bond donors (Lipinski definition) is 1. The number of rotatable bonds is 0. The molecule has 4 saturated carbocycles. The third kappa shape index (κ3) is 2.77. The molecular weight excluding hydrogens is 376 g/mol. The Morgan fingerprint density at radius 3 is 2.16 bits per heavy atom. The maximum Gasteiger partial charge on any atom is 0.0594 e. The highest BCUT2D eigenvalue weighted by Crippen LogP contribution is 2.75. The van der Waals surface area contributed by atoms with E-state index >= 15 is 0 Å². The molecule has 4 fully saturated rings. The Bertz CT molecular complexity index is 790. The van der Waals surface area contributed by atoms with Crippen LogP contribution in [0.4, 0.5) is 0 Å². The zero-order valence-corrected chi connectivity index (χ0v) is 21.9. The molecule has 0 radical (unpaired) electrons. The van der Waals surface area contributed by atoms with Gasteiger partial charge in [-0.3, -0.25) is 0 Å². The summed E-state index contributed by atoms with van der Waals surface area (Å²) in [5.41, 5.74) is 4.09. The SMILES string of the molecule is CC1(C)CC[C@]2(C)CC[C@@]3(C)C(=CC[C@@H]4[C@@]5(C)CC[C@@H](O)C(C)(C)[C@@H]5CC[C@]43C)[C@H]2C1. The molecule has 0 aliphatic heterocycles. The summed E-state index contributed by atoms with van der Waals surface area (Å²) >= 11 is 0. The molecule has 0 aromatic heterocycles. The quantitative estimate of drug-likeness (QED) is 0.387. The average Bonchev–Trinajstić information content (AvgIpc) is 2.67. The third-order valence-electron chi connectivity index (χ3n) is 13.0. The summed E-state index contributed by atoms with van der Waals surface area (Å²) in [5, 5.41) is 10.9. The second kappa shape index (κ2) is 6.43. The standard InChI is InChI=1S/C30H50O/c1-25(2)15-16-27(5)17-18-29(7)20(21(27)19-25)9-10-23-28(6)13-12-24(31)26(3,4)22(28)11-14-30(23,29)8/h9,21-24,31H,10-19H2,1-8H3/t21-,22+,23-,24-,27-,28+,29+,30-/m1/s1. The maximum absolute atomic E-state index is 10.9. The smallest absolute Gasteiger partial charge is 0.0594 e. The van der Waals surface area contributed by atoms with Crippen LogP contribution >= 0.6 is 0 Å². The van der Waals surface area contributed by atoms with E-state index < -0.39 is 0 Å². The van der Waals surface area contributed by atoms with Gasteiger partial charge in [-0.1, -0.05) is 67.0 Å². The summed E-state index contributed by atoms with van der Waals surface area (Å²) in [6.45, 7) is 20.4. The molecule has 0 saturated heterocycles. The molecule has 8 atom stereocenters. The second-order valence-electron chi connectivity index (χ2n) is 15.2. The van der Waals surface area contributed by atoms with Crippen molar-refractivity contribution in [2.24, 2.45) is 50.2 Å². The van der Waals surface area contributed by atoms with Gasteiger partial charge in [0.2, 0.25) is 0 Å². The van der Waals surface area contributed by atoms with Crippen LogP contribution in [-0.4, -0.2) is 11.2 Å². The molecule has 0 heterocycles. The van der Waals surface area contributed by atoms with E-state index in [1.54, 1.807) is 0 Å². The summed E-state index contributed by atoms with van der Waals surface area (Å²) in [4.78, 5) is 0.